The summed E-state index contributed by atoms with van der Waals surface area (Å²) in [5, 5.41) is 3.49. The minimum absolute atomic E-state index is 0.291. The first-order chi connectivity index (χ1) is 12.4. The Morgan fingerprint density at radius 1 is 1.15 bits per heavy atom. The highest BCUT2D eigenvalue weighted by atomic mass is 16.7. The monoisotopic (exact) mass is 363 g/mol. The van der Waals surface area contributed by atoms with Crippen LogP contribution < -0.4 is 0 Å². The molecule has 0 amide bonds. The summed E-state index contributed by atoms with van der Waals surface area (Å²) in [4.78, 5) is 37.3. The summed E-state index contributed by atoms with van der Waals surface area (Å²) in [6, 6.07) is 7.16. The Labute approximate surface area is 148 Å². The zero-order valence-corrected chi connectivity index (χ0v) is 14.1. The second kappa shape index (κ2) is 8.84. The molecule has 2 rings (SSSR count). The number of azide groups is 1. The van der Waals surface area contributed by atoms with E-state index in [1.165, 1.54) is 6.92 Å². The van der Waals surface area contributed by atoms with Gasteiger partial charge in [0.25, 0.3) is 0 Å². The lowest BCUT2D eigenvalue weighted by Crippen LogP contribution is -2.38. The molecule has 1 unspecified atom stereocenters. The summed E-state index contributed by atoms with van der Waals surface area (Å²) in [7, 11) is 0. The van der Waals surface area contributed by atoms with Gasteiger partial charge in [0.15, 0.2) is 0 Å². The van der Waals surface area contributed by atoms with Crippen LogP contribution in [-0.2, 0) is 28.5 Å². The van der Waals surface area contributed by atoms with Crippen LogP contribution in [0.25, 0.3) is 10.4 Å². The van der Waals surface area contributed by atoms with Gasteiger partial charge in [0.1, 0.15) is 24.9 Å². The van der Waals surface area contributed by atoms with Crippen LogP contribution in [-0.4, -0.2) is 49.1 Å². The van der Waals surface area contributed by atoms with E-state index in [1.807, 2.05) is 0 Å². The van der Waals surface area contributed by atoms with Crippen LogP contribution in [0.3, 0.4) is 0 Å². The molecule has 4 atom stereocenters. The highest BCUT2D eigenvalue weighted by Crippen LogP contribution is 2.28. The van der Waals surface area contributed by atoms with E-state index in [2.05, 4.69) is 10.0 Å². The van der Waals surface area contributed by atoms with Gasteiger partial charge in [0, 0.05) is 18.8 Å². The van der Waals surface area contributed by atoms with Crippen LogP contribution in [0.15, 0.2) is 35.4 Å². The summed E-state index contributed by atoms with van der Waals surface area (Å²) in [6.45, 7) is 2.03. The lowest BCUT2D eigenvalue weighted by Gasteiger charge is -2.19. The number of carbonyl (C=O) groups is 3. The highest BCUT2D eigenvalue weighted by molar-refractivity contribution is 5.89. The first-order valence-electron chi connectivity index (χ1n) is 7.68. The maximum Gasteiger partial charge on any atom is 0.338 e. The zero-order valence-electron chi connectivity index (χ0n) is 14.1. The molecule has 1 aromatic rings. The fourth-order valence-corrected chi connectivity index (χ4v) is 2.43. The summed E-state index contributed by atoms with van der Waals surface area (Å²) < 4.78 is 20.7. The van der Waals surface area contributed by atoms with Crippen LogP contribution in [0, 0.1) is 0 Å². The topological polar surface area (TPSA) is 137 Å². The molecule has 0 aromatic heterocycles. The number of carbonyl (C=O) groups excluding carboxylic acids is 3. The molecule has 0 bridgehead atoms. The van der Waals surface area contributed by atoms with Gasteiger partial charge in [0.2, 0.25) is 6.29 Å². The van der Waals surface area contributed by atoms with Crippen molar-refractivity contribution < 1.29 is 33.3 Å². The first-order valence-corrected chi connectivity index (χ1v) is 7.68. The Balaban J connectivity index is 2.12. The maximum atomic E-state index is 12.0. The van der Waals surface area contributed by atoms with Crippen LogP contribution in [0.1, 0.15) is 24.2 Å². The molecule has 138 valence electrons. The minimum Gasteiger partial charge on any atom is -0.459 e. The van der Waals surface area contributed by atoms with E-state index in [0.29, 0.717) is 5.56 Å². The van der Waals surface area contributed by atoms with Crippen LogP contribution in [0.4, 0.5) is 0 Å². The number of benzene rings is 1. The zero-order chi connectivity index (χ0) is 19.1. The van der Waals surface area contributed by atoms with E-state index in [1.54, 1.807) is 30.3 Å². The van der Waals surface area contributed by atoms with E-state index >= 15 is 0 Å². The highest BCUT2D eigenvalue weighted by Gasteiger charge is 2.49. The number of esters is 3. The average Bonchev–Trinajstić information content (AvgIpc) is 2.89. The Hall–Kier alpha value is -3.10. The van der Waals surface area contributed by atoms with Gasteiger partial charge in [-0.3, -0.25) is 9.59 Å². The number of rotatable bonds is 6. The predicted octanol–water partition coefficient (Wildman–Crippen LogP) is 1.74. The second-order valence-electron chi connectivity index (χ2n) is 5.39. The van der Waals surface area contributed by atoms with Crippen molar-refractivity contribution in [1.82, 2.24) is 0 Å². The third-order valence-electron chi connectivity index (χ3n) is 3.45. The van der Waals surface area contributed by atoms with Gasteiger partial charge in [-0.1, -0.05) is 23.3 Å². The summed E-state index contributed by atoms with van der Waals surface area (Å²) in [5.74, 6) is -1.93. The molecule has 1 aliphatic heterocycles. The third kappa shape index (κ3) is 4.95. The molecule has 0 saturated carbocycles. The Bertz CT molecular complexity index is 718. The fourth-order valence-electron chi connectivity index (χ4n) is 2.43. The van der Waals surface area contributed by atoms with Crippen molar-refractivity contribution in [3.8, 4) is 0 Å². The quantitative estimate of drug-likeness (QED) is 0.247. The van der Waals surface area contributed by atoms with Crippen LogP contribution >= 0.6 is 0 Å². The molecule has 0 radical (unpaired) electrons. The molecule has 26 heavy (non-hydrogen) atoms. The minimum atomic E-state index is -1.26. The molecule has 1 fully saturated rings. The van der Waals surface area contributed by atoms with Crippen molar-refractivity contribution in [3.05, 3.63) is 46.3 Å². The molecular formula is C16H17N3O7. The molecule has 1 aliphatic rings. The van der Waals surface area contributed by atoms with Crippen LogP contribution in [0.2, 0.25) is 0 Å². The smallest absolute Gasteiger partial charge is 0.338 e. The van der Waals surface area contributed by atoms with Gasteiger partial charge < -0.3 is 18.9 Å². The van der Waals surface area contributed by atoms with Gasteiger partial charge in [-0.2, -0.15) is 0 Å². The Morgan fingerprint density at radius 3 is 2.38 bits per heavy atom. The third-order valence-corrected chi connectivity index (χ3v) is 3.45. The standard InChI is InChI=1S/C16H17N3O7/c1-9(20)24-14-12(8-23-15(22)11-6-4-3-5-7-11)26-16(25-10(2)21)13(14)18-19-17/h3-7,12-14,16H,8H2,1-2H3/t12-,13+,14-,16?/m1/s1. The molecule has 10 nitrogen and oxygen atoms in total. The lowest BCUT2D eigenvalue weighted by molar-refractivity contribution is -0.177. The van der Waals surface area contributed by atoms with E-state index in [4.69, 9.17) is 24.5 Å². The van der Waals surface area contributed by atoms with E-state index in [9.17, 15) is 14.4 Å². The van der Waals surface area contributed by atoms with E-state index in [-0.39, 0.29) is 6.61 Å². The fraction of sp³-hybridized carbons (Fsp3) is 0.438. The van der Waals surface area contributed by atoms with Crippen LogP contribution in [0.5, 0.6) is 0 Å². The number of ether oxygens (including phenoxy) is 4. The molecule has 10 heteroatoms. The van der Waals surface area contributed by atoms with E-state index < -0.39 is 42.4 Å². The number of nitrogens with zero attached hydrogens (tertiary/aromatic N) is 3. The van der Waals surface area contributed by atoms with Crippen molar-refractivity contribution in [2.45, 2.75) is 38.4 Å². The number of hydrogen-bond acceptors (Lipinski definition) is 8. The van der Waals surface area contributed by atoms with Crippen molar-refractivity contribution in [2.75, 3.05) is 6.61 Å². The lowest BCUT2D eigenvalue weighted by atomic mass is 10.1. The van der Waals surface area contributed by atoms with Crippen molar-refractivity contribution in [1.29, 1.82) is 0 Å². The molecule has 0 N–H and O–H groups in total. The average molecular weight is 363 g/mol. The second-order valence-corrected chi connectivity index (χ2v) is 5.39. The predicted molar refractivity (Wildman–Crippen MR) is 85.6 cm³/mol. The van der Waals surface area contributed by atoms with Gasteiger partial charge >= 0.3 is 17.9 Å². The van der Waals surface area contributed by atoms with Crippen molar-refractivity contribution >= 4 is 17.9 Å². The summed E-state index contributed by atoms with van der Waals surface area (Å²) >= 11 is 0. The van der Waals surface area contributed by atoms with Crippen molar-refractivity contribution in [3.63, 3.8) is 0 Å². The maximum absolute atomic E-state index is 12.0. The Kier molecular flexibility index (Phi) is 6.54. The van der Waals surface area contributed by atoms with Gasteiger partial charge in [-0.15, -0.1) is 0 Å². The molecular weight excluding hydrogens is 346 g/mol. The van der Waals surface area contributed by atoms with E-state index in [0.717, 1.165) is 6.92 Å². The summed E-state index contributed by atoms with van der Waals surface area (Å²) in [6.07, 6.45) is -3.30. The molecule has 1 saturated heterocycles. The Morgan fingerprint density at radius 2 is 1.81 bits per heavy atom. The molecule has 1 aromatic carbocycles. The molecule has 0 aliphatic carbocycles. The molecule has 0 spiro atoms. The SMILES string of the molecule is CC(=O)OC1O[C@H](COC(=O)c2ccccc2)[C@@H](OC(C)=O)[C@@H]1N=[N+]=[N-]. The van der Waals surface area contributed by atoms with Gasteiger partial charge in [-0.05, 0) is 17.7 Å². The van der Waals surface area contributed by atoms with Gasteiger partial charge in [-0.25, -0.2) is 4.79 Å². The normalized spacial score (nSPS) is 24.2. The number of hydrogen-bond donors (Lipinski definition) is 0. The van der Waals surface area contributed by atoms with Crippen molar-refractivity contribution in [2.24, 2.45) is 5.11 Å². The largest absolute Gasteiger partial charge is 0.459 e. The molecule has 1 heterocycles. The summed E-state index contributed by atoms with van der Waals surface area (Å²) in [5.41, 5.74) is 9.05. The van der Waals surface area contributed by atoms with Gasteiger partial charge in [0.05, 0.1) is 5.56 Å². The first kappa shape index (κ1) is 19.2.